The van der Waals surface area contributed by atoms with Crippen LogP contribution < -0.4 is 10.1 Å². The Balaban J connectivity index is 1.80. The molecule has 1 heterocycles. The van der Waals surface area contributed by atoms with Crippen LogP contribution in [-0.4, -0.2) is 49.3 Å². The maximum atomic E-state index is 12.7. The second kappa shape index (κ2) is 11.4. The number of anilines is 1. The van der Waals surface area contributed by atoms with Crippen LogP contribution in [0.3, 0.4) is 0 Å². The van der Waals surface area contributed by atoms with Gasteiger partial charge in [-0.15, -0.1) is 0 Å². The first-order valence-electron chi connectivity index (χ1n) is 10.9. The van der Waals surface area contributed by atoms with E-state index in [4.69, 9.17) is 9.47 Å². The molecule has 1 atom stereocenters. The Kier molecular flexibility index (Phi) is 9.26. The van der Waals surface area contributed by atoms with Crippen molar-refractivity contribution in [1.82, 2.24) is 4.90 Å². The lowest BCUT2D eigenvalue weighted by molar-refractivity contribution is -0.140. The Morgan fingerprint density at radius 2 is 1.82 bits per heavy atom. The van der Waals surface area contributed by atoms with Crippen molar-refractivity contribution in [1.29, 1.82) is 0 Å². The second-order valence-corrected chi connectivity index (χ2v) is 8.18. The summed E-state index contributed by atoms with van der Waals surface area (Å²) in [5.74, 6) is 1.60. The quantitative estimate of drug-likeness (QED) is 0.594. The van der Waals surface area contributed by atoms with Crippen molar-refractivity contribution in [3.8, 4) is 5.75 Å². The first-order valence-corrected chi connectivity index (χ1v) is 10.9. The van der Waals surface area contributed by atoms with E-state index in [-0.39, 0.29) is 5.91 Å². The summed E-state index contributed by atoms with van der Waals surface area (Å²) in [4.78, 5) is 15.2. The Bertz CT molecular complexity index is 582. The van der Waals surface area contributed by atoms with Gasteiger partial charge in [0.05, 0.1) is 0 Å². The molecule has 0 spiro atoms. The summed E-state index contributed by atoms with van der Waals surface area (Å²) in [6.07, 6.45) is 5.07. The lowest BCUT2D eigenvalue weighted by atomic mass is 9.99. The number of nitrogens with zero attached hydrogens (tertiary/aromatic N) is 1. The highest BCUT2D eigenvalue weighted by Gasteiger charge is 2.33. The molecular formula is C23H38N2O3. The predicted octanol–water partition coefficient (Wildman–Crippen LogP) is 4.72. The fraction of sp³-hybridized carbons (Fsp3) is 0.696. The van der Waals surface area contributed by atoms with Gasteiger partial charge in [-0.1, -0.05) is 27.2 Å². The molecule has 158 valence electrons. The number of benzene rings is 1. The number of piperidine rings is 1. The van der Waals surface area contributed by atoms with Gasteiger partial charge in [0, 0.05) is 18.8 Å². The molecule has 0 bridgehead atoms. The van der Waals surface area contributed by atoms with Crippen molar-refractivity contribution in [2.24, 2.45) is 5.92 Å². The standard InChI is InChI=1S/C23H38N2O3/c1-5-13-23(4,28-17-6-2)22(26)24-20-7-9-21(10-8-20)27-18-16-25-14-11-19(3)12-15-25/h7-10,19H,5-6,11-18H2,1-4H3,(H,24,26)/t23-/m0/s1. The monoisotopic (exact) mass is 390 g/mol. The lowest BCUT2D eigenvalue weighted by Gasteiger charge is -2.30. The molecule has 1 aliphatic rings. The summed E-state index contributed by atoms with van der Waals surface area (Å²) in [7, 11) is 0. The fourth-order valence-electron chi connectivity index (χ4n) is 3.53. The second-order valence-electron chi connectivity index (χ2n) is 8.18. The molecular weight excluding hydrogens is 352 g/mol. The highest BCUT2D eigenvalue weighted by atomic mass is 16.5. The minimum absolute atomic E-state index is 0.0872. The number of hydrogen-bond acceptors (Lipinski definition) is 4. The topological polar surface area (TPSA) is 50.8 Å². The lowest BCUT2D eigenvalue weighted by Crippen LogP contribution is -2.43. The summed E-state index contributed by atoms with van der Waals surface area (Å²) >= 11 is 0. The molecule has 1 amide bonds. The van der Waals surface area contributed by atoms with Crippen LogP contribution in [0.2, 0.25) is 0 Å². The molecule has 0 unspecified atom stereocenters. The van der Waals surface area contributed by atoms with Gasteiger partial charge >= 0.3 is 0 Å². The molecule has 1 fully saturated rings. The number of carbonyl (C=O) groups excluding carboxylic acids is 1. The molecule has 28 heavy (non-hydrogen) atoms. The molecule has 0 aromatic heterocycles. The van der Waals surface area contributed by atoms with E-state index in [1.807, 2.05) is 31.2 Å². The van der Waals surface area contributed by atoms with Crippen molar-refractivity contribution in [2.45, 2.75) is 65.4 Å². The maximum Gasteiger partial charge on any atom is 0.256 e. The van der Waals surface area contributed by atoms with E-state index in [0.717, 1.165) is 36.7 Å². The van der Waals surface area contributed by atoms with Gasteiger partial charge in [0.15, 0.2) is 0 Å². The maximum absolute atomic E-state index is 12.7. The van der Waals surface area contributed by atoms with E-state index in [1.165, 1.54) is 25.9 Å². The van der Waals surface area contributed by atoms with Crippen LogP contribution in [-0.2, 0) is 9.53 Å². The van der Waals surface area contributed by atoms with Crippen LogP contribution in [0.1, 0.15) is 59.8 Å². The molecule has 1 saturated heterocycles. The summed E-state index contributed by atoms with van der Waals surface area (Å²) in [5.41, 5.74) is -0.0175. The largest absolute Gasteiger partial charge is 0.492 e. The molecule has 2 rings (SSSR count). The Hall–Kier alpha value is -1.59. The molecule has 5 heteroatoms. The number of nitrogens with one attached hydrogen (secondary N) is 1. The van der Waals surface area contributed by atoms with E-state index in [2.05, 4.69) is 31.0 Å². The normalized spacial score (nSPS) is 17.9. The third-order valence-corrected chi connectivity index (χ3v) is 5.50. The van der Waals surface area contributed by atoms with Gasteiger partial charge < -0.3 is 14.8 Å². The van der Waals surface area contributed by atoms with Gasteiger partial charge in [0.25, 0.3) is 5.91 Å². The number of carbonyl (C=O) groups is 1. The molecule has 0 radical (unpaired) electrons. The number of ether oxygens (including phenoxy) is 2. The summed E-state index contributed by atoms with van der Waals surface area (Å²) in [5, 5.41) is 2.99. The zero-order valence-electron chi connectivity index (χ0n) is 18.1. The van der Waals surface area contributed by atoms with E-state index < -0.39 is 5.60 Å². The third-order valence-electron chi connectivity index (χ3n) is 5.50. The molecule has 5 nitrogen and oxygen atoms in total. The Morgan fingerprint density at radius 1 is 1.14 bits per heavy atom. The minimum Gasteiger partial charge on any atom is -0.492 e. The minimum atomic E-state index is -0.786. The molecule has 1 N–H and O–H groups in total. The Labute approximate surface area is 170 Å². The van der Waals surface area contributed by atoms with Crippen LogP contribution in [0.5, 0.6) is 5.75 Å². The van der Waals surface area contributed by atoms with Gasteiger partial charge in [0.1, 0.15) is 18.0 Å². The van der Waals surface area contributed by atoms with Gasteiger partial charge in [-0.2, -0.15) is 0 Å². The van der Waals surface area contributed by atoms with Crippen LogP contribution in [0.4, 0.5) is 5.69 Å². The smallest absolute Gasteiger partial charge is 0.256 e. The summed E-state index contributed by atoms with van der Waals surface area (Å²) in [6.45, 7) is 12.9. The first-order chi connectivity index (χ1) is 13.5. The van der Waals surface area contributed by atoms with Crippen molar-refractivity contribution < 1.29 is 14.3 Å². The highest BCUT2D eigenvalue weighted by molar-refractivity contribution is 5.97. The van der Waals surface area contributed by atoms with Crippen LogP contribution in [0.15, 0.2) is 24.3 Å². The summed E-state index contributed by atoms with van der Waals surface area (Å²) < 4.78 is 11.7. The van der Waals surface area contributed by atoms with Crippen LogP contribution >= 0.6 is 0 Å². The van der Waals surface area contributed by atoms with Crippen LogP contribution in [0, 0.1) is 5.92 Å². The van der Waals surface area contributed by atoms with E-state index in [1.54, 1.807) is 0 Å². The summed E-state index contributed by atoms with van der Waals surface area (Å²) in [6, 6.07) is 7.61. The zero-order chi connectivity index (χ0) is 20.4. The van der Waals surface area contributed by atoms with Crippen LogP contribution in [0.25, 0.3) is 0 Å². The number of hydrogen-bond donors (Lipinski definition) is 1. The fourth-order valence-corrected chi connectivity index (χ4v) is 3.53. The molecule has 1 aliphatic heterocycles. The SMILES string of the molecule is CCCO[C@@](C)(CCC)C(=O)Nc1ccc(OCCN2CCC(C)CC2)cc1. The van der Waals surface area contributed by atoms with Gasteiger partial charge in [-0.25, -0.2) is 0 Å². The van der Waals surface area contributed by atoms with Gasteiger partial charge in [0.2, 0.25) is 0 Å². The average Bonchev–Trinajstić information content (AvgIpc) is 2.69. The van der Waals surface area contributed by atoms with Crippen molar-refractivity contribution in [3.63, 3.8) is 0 Å². The first kappa shape index (κ1) is 22.7. The van der Waals surface area contributed by atoms with Gasteiger partial charge in [-0.3, -0.25) is 9.69 Å². The average molecular weight is 391 g/mol. The van der Waals surface area contributed by atoms with E-state index in [0.29, 0.717) is 19.6 Å². The molecule has 0 aliphatic carbocycles. The van der Waals surface area contributed by atoms with E-state index in [9.17, 15) is 4.79 Å². The number of rotatable bonds is 11. The predicted molar refractivity (Wildman–Crippen MR) is 115 cm³/mol. The zero-order valence-corrected chi connectivity index (χ0v) is 18.1. The van der Waals surface area contributed by atoms with Gasteiger partial charge in [-0.05, 0) is 75.9 Å². The van der Waals surface area contributed by atoms with Crippen molar-refractivity contribution in [3.05, 3.63) is 24.3 Å². The molecule has 1 aromatic rings. The number of likely N-dealkylation sites (tertiary alicyclic amines) is 1. The Morgan fingerprint density at radius 3 is 2.43 bits per heavy atom. The molecule has 1 aromatic carbocycles. The molecule has 0 saturated carbocycles. The van der Waals surface area contributed by atoms with E-state index >= 15 is 0 Å². The third kappa shape index (κ3) is 7.10. The van der Waals surface area contributed by atoms with Crippen molar-refractivity contribution in [2.75, 3.05) is 38.2 Å². The highest BCUT2D eigenvalue weighted by Crippen LogP contribution is 2.22. The van der Waals surface area contributed by atoms with Crippen molar-refractivity contribution >= 4 is 11.6 Å². The number of amides is 1.